The third kappa shape index (κ3) is 4.29. The number of benzene rings is 1. The maximum absolute atomic E-state index is 13.4. The molecule has 1 amide bonds. The molecule has 4 rings (SSSR count). The molecule has 7 heteroatoms. The Labute approximate surface area is 167 Å². The minimum atomic E-state index is -0.829. The maximum Gasteiger partial charge on any atom is 0.256 e. The summed E-state index contributed by atoms with van der Waals surface area (Å²) < 4.78 is 26.5. The Hall–Kier alpha value is -3.22. The summed E-state index contributed by atoms with van der Waals surface area (Å²) in [6.45, 7) is 1.23. The van der Waals surface area contributed by atoms with E-state index in [2.05, 4.69) is 15.0 Å². The molecule has 2 aromatic heterocycles. The molecule has 1 aromatic carbocycles. The van der Waals surface area contributed by atoms with Gasteiger partial charge in [-0.25, -0.2) is 18.7 Å². The van der Waals surface area contributed by atoms with Crippen molar-refractivity contribution in [1.82, 2.24) is 19.9 Å². The largest absolute Gasteiger partial charge is 0.339 e. The molecule has 0 saturated carbocycles. The highest BCUT2D eigenvalue weighted by molar-refractivity contribution is 5.99. The van der Waals surface area contributed by atoms with E-state index in [1.165, 1.54) is 18.5 Å². The first-order chi connectivity index (χ1) is 14.1. The number of aromatic nitrogens is 3. The van der Waals surface area contributed by atoms with Gasteiger partial charge in [-0.1, -0.05) is 6.07 Å². The van der Waals surface area contributed by atoms with Crippen molar-refractivity contribution in [2.75, 3.05) is 13.1 Å². The van der Waals surface area contributed by atoms with Gasteiger partial charge in [0.15, 0.2) is 11.6 Å². The molecule has 0 N–H and O–H groups in total. The molecule has 3 heterocycles. The summed E-state index contributed by atoms with van der Waals surface area (Å²) in [6.07, 6.45) is 7.00. The third-order valence-electron chi connectivity index (χ3n) is 5.27. The fourth-order valence-electron chi connectivity index (χ4n) is 3.72. The summed E-state index contributed by atoms with van der Waals surface area (Å²) in [4.78, 5) is 27.4. The van der Waals surface area contributed by atoms with Gasteiger partial charge in [0.1, 0.15) is 12.0 Å². The van der Waals surface area contributed by atoms with Gasteiger partial charge in [-0.05, 0) is 61.1 Å². The summed E-state index contributed by atoms with van der Waals surface area (Å²) in [5.74, 6) is -1.38. The summed E-state index contributed by atoms with van der Waals surface area (Å²) >= 11 is 0. The van der Waals surface area contributed by atoms with Crippen LogP contribution in [-0.4, -0.2) is 38.8 Å². The molecule has 1 aliphatic heterocycles. The lowest BCUT2D eigenvalue weighted by Gasteiger charge is -2.32. The van der Waals surface area contributed by atoms with Crippen LogP contribution in [0.25, 0.3) is 11.4 Å². The summed E-state index contributed by atoms with van der Waals surface area (Å²) in [5.41, 5.74) is 2.46. The monoisotopic (exact) mass is 394 g/mol. The number of pyridine rings is 1. The van der Waals surface area contributed by atoms with Crippen molar-refractivity contribution >= 4 is 5.91 Å². The van der Waals surface area contributed by atoms with Crippen LogP contribution in [0.3, 0.4) is 0 Å². The summed E-state index contributed by atoms with van der Waals surface area (Å²) in [5, 5.41) is 0. The molecule has 0 atom stereocenters. The van der Waals surface area contributed by atoms with E-state index in [4.69, 9.17) is 0 Å². The molecule has 1 saturated heterocycles. The average molecular weight is 394 g/mol. The highest BCUT2D eigenvalue weighted by Crippen LogP contribution is 2.26. The van der Waals surface area contributed by atoms with Gasteiger partial charge in [0.2, 0.25) is 0 Å². The van der Waals surface area contributed by atoms with Crippen molar-refractivity contribution < 1.29 is 13.6 Å². The first kappa shape index (κ1) is 19.1. The standard InChI is InChI=1S/C22H20F2N4O/c23-18-4-3-16(13-19(18)24)12-15-6-10-28(11-7-15)22(29)17-2-1-8-26-21(17)20-5-9-25-14-27-20/h1-5,8-9,13-15H,6-7,10-12H2. The van der Waals surface area contributed by atoms with Crippen LogP contribution in [0.5, 0.6) is 0 Å². The lowest BCUT2D eigenvalue weighted by molar-refractivity contribution is 0.0691. The van der Waals surface area contributed by atoms with Crippen LogP contribution in [-0.2, 0) is 6.42 Å². The first-order valence-electron chi connectivity index (χ1n) is 9.56. The van der Waals surface area contributed by atoms with Crippen LogP contribution in [0.2, 0.25) is 0 Å². The molecule has 1 fully saturated rings. The van der Waals surface area contributed by atoms with Gasteiger partial charge in [-0.15, -0.1) is 0 Å². The molecule has 0 aliphatic carbocycles. The minimum Gasteiger partial charge on any atom is -0.339 e. The zero-order valence-electron chi connectivity index (χ0n) is 15.8. The number of hydrogen-bond donors (Lipinski definition) is 0. The number of carbonyl (C=O) groups excluding carboxylic acids is 1. The van der Waals surface area contributed by atoms with Crippen LogP contribution in [0.15, 0.2) is 55.1 Å². The molecule has 3 aromatic rings. The topological polar surface area (TPSA) is 59.0 Å². The molecule has 0 radical (unpaired) electrons. The van der Waals surface area contributed by atoms with Gasteiger partial charge in [0.25, 0.3) is 5.91 Å². The molecule has 1 aliphatic rings. The summed E-state index contributed by atoms with van der Waals surface area (Å²) in [7, 11) is 0. The van der Waals surface area contributed by atoms with E-state index in [1.807, 2.05) is 4.90 Å². The predicted molar refractivity (Wildman–Crippen MR) is 104 cm³/mol. The third-order valence-corrected chi connectivity index (χ3v) is 5.27. The minimum absolute atomic E-state index is 0.0713. The fraction of sp³-hybridized carbons (Fsp3) is 0.273. The second-order valence-electron chi connectivity index (χ2n) is 7.18. The zero-order valence-corrected chi connectivity index (χ0v) is 15.8. The van der Waals surface area contributed by atoms with Crippen LogP contribution < -0.4 is 0 Å². The van der Waals surface area contributed by atoms with Crippen molar-refractivity contribution in [3.63, 3.8) is 0 Å². The quantitative estimate of drug-likeness (QED) is 0.673. The Bertz CT molecular complexity index is 1000. The van der Waals surface area contributed by atoms with E-state index < -0.39 is 11.6 Å². The van der Waals surface area contributed by atoms with Gasteiger partial charge in [0, 0.05) is 25.5 Å². The first-order valence-corrected chi connectivity index (χ1v) is 9.56. The Kier molecular flexibility index (Phi) is 5.55. The molecular weight excluding hydrogens is 374 g/mol. The highest BCUT2D eigenvalue weighted by Gasteiger charge is 2.26. The van der Waals surface area contributed by atoms with Gasteiger partial charge in [-0.3, -0.25) is 9.78 Å². The molecule has 0 bridgehead atoms. The lowest BCUT2D eigenvalue weighted by atomic mass is 9.90. The highest BCUT2D eigenvalue weighted by atomic mass is 19.2. The van der Waals surface area contributed by atoms with Crippen LogP contribution in [0.4, 0.5) is 8.78 Å². The van der Waals surface area contributed by atoms with Crippen molar-refractivity contribution in [1.29, 1.82) is 0 Å². The molecule has 29 heavy (non-hydrogen) atoms. The Morgan fingerprint density at radius 2 is 1.86 bits per heavy atom. The molecule has 5 nitrogen and oxygen atoms in total. The Balaban J connectivity index is 1.43. The molecule has 0 unspecified atom stereocenters. The molecular formula is C22H20F2N4O. The number of hydrogen-bond acceptors (Lipinski definition) is 4. The van der Waals surface area contributed by atoms with Crippen molar-refractivity contribution in [3.8, 4) is 11.4 Å². The normalized spacial score (nSPS) is 14.8. The number of carbonyl (C=O) groups is 1. The van der Waals surface area contributed by atoms with Gasteiger partial charge in [-0.2, -0.15) is 0 Å². The zero-order chi connectivity index (χ0) is 20.2. The van der Waals surface area contributed by atoms with Crippen molar-refractivity contribution in [3.05, 3.63) is 77.9 Å². The van der Waals surface area contributed by atoms with E-state index in [-0.39, 0.29) is 5.91 Å². The van der Waals surface area contributed by atoms with Crippen molar-refractivity contribution in [2.45, 2.75) is 19.3 Å². The fourth-order valence-corrected chi connectivity index (χ4v) is 3.72. The smallest absolute Gasteiger partial charge is 0.256 e. The molecule has 148 valence electrons. The Morgan fingerprint density at radius 1 is 1.03 bits per heavy atom. The average Bonchev–Trinajstić information content (AvgIpc) is 2.77. The second kappa shape index (κ2) is 8.43. The SMILES string of the molecule is O=C(c1cccnc1-c1ccncn1)N1CCC(Cc2ccc(F)c(F)c2)CC1. The van der Waals surface area contributed by atoms with Gasteiger partial charge < -0.3 is 4.90 Å². The van der Waals surface area contributed by atoms with E-state index in [1.54, 1.807) is 36.7 Å². The predicted octanol–water partition coefficient (Wildman–Crippen LogP) is 3.91. The number of nitrogens with zero attached hydrogens (tertiary/aromatic N) is 4. The van der Waals surface area contributed by atoms with Crippen LogP contribution in [0.1, 0.15) is 28.8 Å². The molecule has 0 spiro atoms. The van der Waals surface area contributed by atoms with E-state index in [0.29, 0.717) is 42.4 Å². The van der Waals surface area contributed by atoms with Gasteiger partial charge in [0.05, 0.1) is 11.3 Å². The van der Waals surface area contributed by atoms with E-state index >= 15 is 0 Å². The number of amides is 1. The summed E-state index contributed by atoms with van der Waals surface area (Å²) in [6, 6.07) is 9.29. The second-order valence-corrected chi connectivity index (χ2v) is 7.18. The van der Waals surface area contributed by atoms with Gasteiger partial charge >= 0.3 is 0 Å². The van der Waals surface area contributed by atoms with E-state index in [0.717, 1.165) is 18.4 Å². The Morgan fingerprint density at radius 3 is 2.59 bits per heavy atom. The number of rotatable bonds is 4. The number of piperidine rings is 1. The van der Waals surface area contributed by atoms with Crippen molar-refractivity contribution in [2.24, 2.45) is 5.92 Å². The van der Waals surface area contributed by atoms with E-state index in [9.17, 15) is 13.6 Å². The lowest BCUT2D eigenvalue weighted by Crippen LogP contribution is -2.39. The number of likely N-dealkylation sites (tertiary alicyclic amines) is 1. The maximum atomic E-state index is 13.4. The number of halogens is 2. The van der Waals surface area contributed by atoms with Crippen LogP contribution in [0, 0.1) is 17.6 Å². The van der Waals surface area contributed by atoms with Crippen LogP contribution >= 0.6 is 0 Å².